The predicted molar refractivity (Wildman–Crippen MR) is 200 cm³/mol. The summed E-state index contributed by atoms with van der Waals surface area (Å²) < 4.78 is 10.3. The molecular formula is C43H29NOSSi. The Balaban J connectivity index is 1.18. The Morgan fingerprint density at radius 1 is 0.617 bits per heavy atom. The van der Waals surface area contributed by atoms with Crippen LogP contribution in [-0.2, 0) is 0 Å². The van der Waals surface area contributed by atoms with E-state index in [2.05, 4.69) is 157 Å². The van der Waals surface area contributed by atoms with Crippen LogP contribution in [0.5, 0.6) is 5.75 Å². The number of benzene rings is 7. The Hall–Kier alpha value is -5.16. The number of rotatable bonds is 3. The van der Waals surface area contributed by atoms with Crippen molar-refractivity contribution in [3.05, 3.63) is 157 Å². The summed E-state index contributed by atoms with van der Waals surface area (Å²) in [6.45, 7) is 0. The van der Waals surface area contributed by atoms with Gasteiger partial charge in [-0.25, -0.2) is 0 Å². The molecule has 4 heteroatoms. The topological polar surface area (TPSA) is 12.5 Å². The molecule has 3 unspecified atom stereocenters. The molecule has 3 atom stereocenters. The molecule has 3 heterocycles. The van der Waals surface area contributed by atoms with E-state index in [1.807, 2.05) is 11.3 Å². The summed E-state index contributed by atoms with van der Waals surface area (Å²) in [5.41, 5.74) is 8.17. The van der Waals surface area contributed by atoms with Crippen LogP contribution in [0.3, 0.4) is 0 Å². The first kappa shape index (κ1) is 26.0. The third-order valence-electron chi connectivity index (χ3n) is 10.8. The minimum absolute atomic E-state index is 0.497. The van der Waals surface area contributed by atoms with Crippen molar-refractivity contribution in [2.24, 2.45) is 0 Å². The predicted octanol–water partition coefficient (Wildman–Crippen LogP) is 10.7. The van der Waals surface area contributed by atoms with Crippen molar-refractivity contribution in [3.63, 3.8) is 0 Å². The molecule has 1 aliphatic carbocycles. The smallest absolute Gasteiger partial charge is 0.319 e. The number of nitrogens with zero attached hydrogens (tertiary/aromatic N) is 1. The van der Waals surface area contributed by atoms with Gasteiger partial charge in [0, 0.05) is 48.0 Å². The van der Waals surface area contributed by atoms with E-state index in [0.717, 1.165) is 11.4 Å². The van der Waals surface area contributed by atoms with Crippen molar-refractivity contribution in [3.8, 4) is 16.9 Å². The lowest BCUT2D eigenvalue weighted by Crippen LogP contribution is -2.61. The van der Waals surface area contributed by atoms with Crippen LogP contribution in [0.4, 0.5) is 17.1 Å². The summed E-state index contributed by atoms with van der Waals surface area (Å²) in [7, 11) is -2.69. The number of fused-ring (bicyclic) bond motifs is 11. The van der Waals surface area contributed by atoms with Crippen LogP contribution in [-0.4, -0.2) is 8.32 Å². The maximum atomic E-state index is 7.65. The Morgan fingerprint density at radius 2 is 1.38 bits per heavy atom. The Morgan fingerprint density at radius 3 is 2.32 bits per heavy atom. The van der Waals surface area contributed by atoms with E-state index in [1.165, 1.54) is 75.8 Å². The molecule has 222 valence electrons. The molecule has 0 amide bonds. The van der Waals surface area contributed by atoms with Gasteiger partial charge in [0.2, 0.25) is 0 Å². The van der Waals surface area contributed by atoms with E-state index < -0.39 is 8.32 Å². The second-order valence-electron chi connectivity index (χ2n) is 13.2. The largest absolute Gasteiger partial charge is 0.534 e. The summed E-state index contributed by atoms with van der Waals surface area (Å²) in [4.78, 5) is 2.48. The lowest BCUT2D eigenvalue weighted by molar-refractivity contribution is 0.569. The van der Waals surface area contributed by atoms with Crippen molar-refractivity contribution in [2.75, 3.05) is 4.90 Å². The minimum Gasteiger partial charge on any atom is -0.534 e. The molecule has 1 fully saturated rings. The van der Waals surface area contributed by atoms with Gasteiger partial charge in [-0.2, -0.15) is 0 Å². The summed E-state index contributed by atoms with van der Waals surface area (Å²) in [5.74, 6) is 1.58. The van der Waals surface area contributed by atoms with Crippen LogP contribution < -0.4 is 19.7 Å². The van der Waals surface area contributed by atoms with Crippen LogP contribution in [0, 0.1) is 0 Å². The van der Waals surface area contributed by atoms with E-state index in [-0.39, 0.29) is 0 Å². The second-order valence-corrected chi connectivity index (χ2v) is 17.8. The van der Waals surface area contributed by atoms with Crippen molar-refractivity contribution in [1.82, 2.24) is 0 Å². The van der Waals surface area contributed by atoms with E-state index in [0.29, 0.717) is 11.5 Å². The fourth-order valence-corrected chi connectivity index (χ4v) is 15.1. The van der Waals surface area contributed by atoms with Gasteiger partial charge in [0.05, 0.1) is 5.69 Å². The fourth-order valence-electron chi connectivity index (χ4n) is 8.82. The Labute approximate surface area is 278 Å². The third kappa shape index (κ3) is 3.49. The van der Waals surface area contributed by atoms with Crippen molar-refractivity contribution >= 4 is 78.0 Å². The molecule has 7 aromatic carbocycles. The quantitative estimate of drug-likeness (QED) is 0.179. The first-order chi connectivity index (χ1) is 23.3. The van der Waals surface area contributed by atoms with Crippen LogP contribution in [0.2, 0.25) is 5.54 Å². The molecule has 3 aliphatic rings. The zero-order chi connectivity index (χ0) is 30.7. The van der Waals surface area contributed by atoms with Gasteiger partial charge < -0.3 is 9.33 Å². The van der Waals surface area contributed by atoms with Gasteiger partial charge >= 0.3 is 8.32 Å². The van der Waals surface area contributed by atoms with Crippen molar-refractivity contribution < 1.29 is 4.43 Å². The molecule has 0 radical (unpaired) electrons. The Bertz CT molecular complexity index is 2570. The van der Waals surface area contributed by atoms with Gasteiger partial charge in [-0.15, -0.1) is 11.3 Å². The maximum Gasteiger partial charge on any atom is 0.319 e. The highest BCUT2D eigenvalue weighted by Gasteiger charge is 2.65. The van der Waals surface area contributed by atoms with E-state index >= 15 is 0 Å². The van der Waals surface area contributed by atoms with Crippen LogP contribution in [0.1, 0.15) is 17.9 Å². The summed E-state index contributed by atoms with van der Waals surface area (Å²) >= 11 is 1.87. The van der Waals surface area contributed by atoms with Gasteiger partial charge in [0.25, 0.3) is 0 Å². The van der Waals surface area contributed by atoms with Gasteiger partial charge in [-0.3, -0.25) is 0 Å². The molecule has 47 heavy (non-hydrogen) atoms. The number of anilines is 3. The second kappa shape index (κ2) is 9.44. The van der Waals surface area contributed by atoms with Crippen molar-refractivity contribution in [2.45, 2.75) is 17.9 Å². The molecule has 0 bridgehead atoms. The number of hydrogen-bond donors (Lipinski definition) is 0. The molecule has 2 aliphatic heterocycles. The Kier molecular flexibility index (Phi) is 5.22. The number of para-hydroxylation sites is 1. The first-order valence-corrected chi connectivity index (χ1v) is 19.3. The van der Waals surface area contributed by atoms with Crippen molar-refractivity contribution in [1.29, 1.82) is 0 Å². The third-order valence-corrected chi connectivity index (χ3v) is 16.6. The van der Waals surface area contributed by atoms with Crippen LogP contribution in [0.15, 0.2) is 152 Å². The van der Waals surface area contributed by atoms with Gasteiger partial charge in [0.15, 0.2) is 0 Å². The standard InChI is InChI=1S/C43H29NOSSi/c1-2-13-28(14-3-1)44(29-23-24-38-33(25-29)30-15-4-6-20-37(30)46-38)35-18-10-22-40-43(35)32-16-5-7-21-39(32)47(40)41-26-34(41)31-17-8-11-27-12-9-19-36(45-47)42(27)31/h1-25,34,41H,26H2. The molecule has 1 aromatic heterocycles. The van der Waals surface area contributed by atoms with Gasteiger partial charge in [-0.1, -0.05) is 103 Å². The minimum atomic E-state index is -2.69. The summed E-state index contributed by atoms with van der Waals surface area (Å²) in [6, 6.07) is 56.3. The highest BCUT2D eigenvalue weighted by molar-refractivity contribution is 7.25. The molecular weight excluding hydrogens is 607 g/mol. The zero-order valence-corrected chi connectivity index (χ0v) is 27.4. The molecule has 11 rings (SSSR count). The lowest BCUT2D eigenvalue weighted by Gasteiger charge is -2.31. The van der Waals surface area contributed by atoms with E-state index in [9.17, 15) is 0 Å². The molecule has 8 aromatic rings. The number of thiophene rings is 1. The normalized spacial score (nSPS) is 20.1. The molecule has 0 saturated heterocycles. The molecule has 1 spiro atoms. The average molecular weight is 636 g/mol. The summed E-state index contributed by atoms with van der Waals surface area (Å²) in [6.07, 6.45) is 1.18. The highest BCUT2D eigenvalue weighted by atomic mass is 32.1. The highest BCUT2D eigenvalue weighted by Crippen LogP contribution is 2.64. The van der Waals surface area contributed by atoms with Crippen LogP contribution in [0.25, 0.3) is 42.1 Å². The summed E-state index contributed by atoms with van der Waals surface area (Å²) in [5, 5.41) is 8.06. The molecule has 0 N–H and O–H groups in total. The van der Waals surface area contributed by atoms with E-state index in [1.54, 1.807) is 0 Å². The first-order valence-electron chi connectivity index (χ1n) is 16.5. The van der Waals surface area contributed by atoms with E-state index in [4.69, 9.17) is 4.43 Å². The van der Waals surface area contributed by atoms with Gasteiger partial charge in [0.1, 0.15) is 5.75 Å². The van der Waals surface area contributed by atoms with Gasteiger partial charge in [-0.05, 0) is 87.8 Å². The van der Waals surface area contributed by atoms with Crippen LogP contribution >= 0.6 is 11.3 Å². The lowest BCUT2D eigenvalue weighted by atomic mass is 10.0. The monoisotopic (exact) mass is 635 g/mol. The average Bonchev–Trinajstić information content (AvgIpc) is 3.79. The zero-order valence-electron chi connectivity index (χ0n) is 25.6. The number of hydrogen-bond acceptors (Lipinski definition) is 3. The molecule has 2 nitrogen and oxygen atoms in total. The fraction of sp³-hybridized carbons (Fsp3) is 0.0698. The molecule has 1 saturated carbocycles. The maximum absolute atomic E-state index is 7.65. The SMILES string of the molecule is c1ccc(N(c2ccc3sc4ccccc4c3c2)c2cccc3c2-c2ccccc2[Si]32Oc3cccc4cccc(c34)C3CC32)cc1.